The van der Waals surface area contributed by atoms with Crippen molar-refractivity contribution >= 4 is 11.6 Å². The summed E-state index contributed by atoms with van der Waals surface area (Å²) in [6.07, 6.45) is 0. The molecule has 7 heteroatoms. The number of H-pyrrole nitrogens is 1. The Labute approximate surface area is 156 Å². The predicted molar refractivity (Wildman–Crippen MR) is 103 cm³/mol. The van der Waals surface area contributed by atoms with Gasteiger partial charge in [-0.05, 0) is 61.9 Å². The van der Waals surface area contributed by atoms with Gasteiger partial charge in [-0.15, -0.1) is 0 Å². The Morgan fingerprint density at radius 1 is 1.22 bits per heavy atom. The van der Waals surface area contributed by atoms with Crippen LogP contribution >= 0.6 is 0 Å². The molecule has 1 aromatic heterocycles. The molecule has 27 heavy (non-hydrogen) atoms. The maximum atomic E-state index is 12.3. The zero-order valence-electron chi connectivity index (χ0n) is 15.1. The molecule has 138 valence electrons. The molecule has 0 aliphatic rings. The molecule has 0 saturated carbocycles. The second-order valence-electron chi connectivity index (χ2n) is 5.78. The number of benzene rings is 2. The number of phenols is 1. The van der Waals surface area contributed by atoms with Gasteiger partial charge in [0.2, 0.25) is 0 Å². The summed E-state index contributed by atoms with van der Waals surface area (Å²) in [5.41, 5.74) is 5.62. The normalized spacial score (nSPS) is 11.3. The van der Waals surface area contributed by atoms with Crippen molar-refractivity contribution in [1.82, 2.24) is 15.6 Å². The van der Waals surface area contributed by atoms with Gasteiger partial charge < -0.3 is 9.84 Å². The van der Waals surface area contributed by atoms with Gasteiger partial charge in [0.05, 0.1) is 18.0 Å². The van der Waals surface area contributed by atoms with Crippen molar-refractivity contribution in [2.24, 2.45) is 5.10 Å². The Morgan fingerprint density at radius 3 is 2.70 bits per heavy atom. The summed E-state index contributed by atoms with van der Waals surface area (Å²) < 4.78 is 5.60. The van der Waals surface area contributed by atoms with Crippen LogP contribution in [0.15, 0.2) is 59.7 Å². The third kappa shape index (κ3) is 4.33. The fraction of sp³-hybridized carbons (Fsp3) is 0.150. The van der Waals surface area contributed by atoms with Gasteiger partial charge >= 0.3 is 0 Å². The monoisotopic (exact) mass is 364 g/mol. The summed E-state index contributed by atoms with van der Waals surface area (Å²) in [6.45, 7) is 4.22. The van der Waals surface area contributed by atoms with Crippen molar-refractivity contribution in [3.8, 4) is 22.8 Å². The number of aromatic amines is 1. The largest absolute Gasteiger partial charge is 0.508 e. The Hall–Kier alpha value is -3.61. The molecule has 7 nitrogen and oxygen atoms in total. The van der Waals surface area contributed by atoms with Crippen molar-refractivity contribution in [3.63, 3.8) is 0 Å². The highest BCUT2D eigenvalue weighted by molar-refractivity contribution is 6.00. The molecule has 1 amide bonds. The van der Waals surface area contributed by atoms with Crippen LogP contribution in [-0.2, 0) is 0 Å². The number of hydrogen-bond acceptors (Lipinski definition) is 5. The zero-order chi connectivity index (χ0) is 19.2. The van der Waals surface area contributed by atoms with Gasteiger partial charge in [-0.3, -0.25) is 9.89 Å². The summed E-state index contributed by atoms with van der Waals surface area (Å²) in [6, 6.07) is 15.7. The summed E-state index contributed by atoms with van der Waals surface area (Å²) in [4.78, 5) is 12.3. The number of phenolic OH excluding ortho intramolecular Hbond substituents is 1. The van der Waals surface area contributed by atoms with E-state index in [1.807, 2.05) is 31.2 Å². The van der Waals surface area contributed by atoms with Crippen LogP contribution in [0.25, 0.3) is 11.3 Å². The smallest absolute Gasteiger partial charge is 0.289 e. The summed E-state index contributed by atoms with van der Waals surface area (Å²) >= 11 is 0. The number of aromatic hydroxyl groups is 1. The number of carbonyl (C=O) groups excluding carboxylic acids is 1. The summed E-state index contributed by atoms with van der Waals surface area (Å²) in [5.74, 6) is 0.480. The van der Waals surface area contributed by atoms with Crippen molar-refractivity contribution in [1.29, 1.82) is 0 Å². The number of nitrogens with zero attached hydrogens (tertiary/aromatic N) is 2. The molecule has 0 bridgehead atoms. The minimum absolute atomic E-state index is 0.174. The molecular formula is C20H20N4O3. The molecule has 0 atom stereocenters. The van der Waals surface area contributed by atoms with Crippen LogP contribution in [0.5, 0.6) is 11.5 Å². The van der Waals surface area contributed by atoms with Gasteiger partial charge in [0.1, 0.15) is 17.2 Å². The molecule has 0 aliphatic heterocycles. The van der Waals surface area contributed by atoms with E-state index in [2.05, 4.69) is 20.7 Å². The first-order valence-corrected chi connectivity index (χ1v) is 8.50. The molecule has 0 spiro atoms. The molecule has 2 aromatic carbocycles. The number of nitrogens with one attached hydrogen (secondary N) is 2. The minimum Gasteiger partial charge on any atom is -0.508 e. The average molecular weight is 364 g/mol. The van der Waals surface area contributed by atoms with E-state index in [9.17, 15) is 9.90 Å². The zero-order valence-corrected chi connectivity index (χ0v) is 15.1. The number of carbonyl (C=O) groups is 1. The number of aromatic nitrogens is 2. The van der Waals surface area contributed by atoms with E-state index in [0.29, 0.717) is 29.5 Å². The quantitative estimate of drug-likeness (QED) is 0.461. The molecule has 3 aromatic rings. The minimum atomic E-state index is -0.402. The first kappa shape index (κ1) is 18.2. The van der Waals surface area contributed by atoms with E-state index >= 15 is 0 Å². The second-order valence-corrected chi connectivity index (χ2v) is 5.78. The van der Waals surface area contributed by atoms with Crippen LogP contribution in [0.4, 0.5) is 0 Å². The van der Waals surface area contributed by atoms with Crippen LogP contribution in [0.3, 0.4) is 0 Å². The number of hydrazone groups is 1. The standard InChI is InChI=1S/C20H20N4O3/c1-3-27-19-7-5-4-6-16(19)17-12-18(23-22-17)20(26)24-21-13(2)14-8-10-15(25)11-9-14/h4-12,25H,3H2,1-2H3,(H,22,23)(H,24,26)/b21-13-. The molecule has 0 fully saturated rings. The van der Waals surface area contributed by atoms with Crippen molar-refractivity contribution in [3.05, 3.63) is 65.9 Å². The molecule has 0 saturated heterocycles. The molecular weight excluding hydrogens is 344 g/mol. The van der Waals surface area contributed by atoms with Crippen LogP contribution in [-0.4, -0.2) is 33.5 Å². The third-order valence-electron chi connectivity index (χ3n) is 3.90. The van der Waals surface area contributed by atoms with Crippen LogP contribution < -0.4 is 10.2 Å². The van der Waals surface area contributed by atoms with E-state index in [1.54, 1.807) is 37.3 Å². The van der Waals surface area contributed by atoms with Gasteiger partial charge in [-0.25, -0.2) is 5.43 Å². The molecule has 1 heterocycles. The third-order valence-corrected chi connectivity index (χ3v) is 3.90. The predicted octanol–water partition coefficient (Wildman–Crippen LogP) is 3.33. The lowest BCUT2D eigenvalue weighted by Crippen LogP contribution is -2.19. The van der Waals surface area contributed by atoms with Crippen LogP contribution in [0.1, 0.15) is 29.9 Å². The first-order valence-electron chi connectivity index (χ1n) is 8.50. The lowest BCUT2D eigenvalue weighted by molar-refractivity contribution is 0.0950. The van der Waals surface area contributed by atoms with Crippen molar-refractivity contribution in [2.75, 3.05) is 6.61 Å². The van der Waals surface area contributed by atoms with Gasteiger partial charge in [0, 0.05) is 5.56 Å². The first-order chi connectivity index (χ1) is 13.1. The van der Waals surface area contributed by atoms with Gasteiger partial charge in [0.15, 0.2) is 0 Å². The van der Waals surface area contributed by atoms with E-state index in [-0.39, 0.29) is 5.75 Å². The SMILES string of the molecule is CCOc1ccccc1-c1cc(C(=O)N/N=C(/C)c2ccc(O)cc2)[nH]n1. The Balaban J connectivity index is 1.74. The number of para-hydroxylation sites is 1. The van der Waals surface area contributed by atoms with E-state index < -0.39 is 5.91 Å². The summed E-state index contributed by atoms with van der Waals surface area (Å²) in [5, 5.41) is 20.3. The lowest BCUT2D eigenvalue weighted by Gasteiger charge is -2.07. The number of hydrogen-bond donors (Lipinski definition) is 3. The van der Waals surface area contributed by atoms with Crippen molar-refractivity contribution in [2.45, 2.75) is 13.8 Å². The number of rotatable bonds is 6. The molecule has 0 aliphatic carbocycles. The molecule has 0 radical (unpaired) electrons. The van der Waals surface area contributed by atoms with Gasteiger partial charge in [-0.1, -0.05) is 12.1 Å². The average Bonchev–Trinajstić information content (AvgIpc) is 3.17. The van der Waals surface area contributed by atoms with E-state index in [0.717, 1.165) is 11.1 Å². The fourth-order valence-electron chi connectivity index (χ4n) is 2.50. The maximum absolute atomic E-state index is 12.3. The Morgan fingerprint density at radius 2 is 1.96 bits per heavy atom. The number of amides is 1. The maximum Gasteiger partial charge on any atom is 0.289 e. The highest BCUT2D eigenvalue weighted by Gasteiger charge is 2.13. The van der Waals surface area contributed by atoms with E-state index in [1.165, 1.54) is 0 Å². The van der Waals surface area contributed by atoms with Gasteiger partial charge in [-0.2, -0.15) is 10.2 Å². The number of ether oxygens (including phenoxy) is 1. The van der Waals surface area contributed by atoms with Crippen LogP contribution in [0, 0.1) is 0 Å². The fourth-order valence-corrected chi connectivity index (χ4v) is 2.50. The Bertz CT molecular complexity index is 961. The van der Waals surface area contributed by atoms with Crippen LogP contribution in [0.2, 0.25) is 0 Å². The topological polar surface area (TPSA) is 99.6 Å². The molecule has 3 rings (SSSR count). The van der Waals surface area contributed by atoms with E-state index in [4.69, 9.17) is 4.74 Å². The highest BCUT2D eigenvalue weighted by Crippen LogP contribution is 2.28. The molecule has 3 N–H and O–H groups in total. The van der Waals surface area contributed by atoms with Gasteiger partial charge in [0.25, 0.3) is 5.91 Å². The highest BCUT2D eigenvalue weighted by atomic mass is 16.5. The molecule has 0 unspecified atom stereocenters. The lowest BCUT2D eigenvalue weighted by atomic mass is 10.1. The summed E-state index contributed by atoms with van der Waals surface area (Å²) in [7, 11) is 0. The van der Waals surface area contributed by atoms with Crippen molar-refractivity contribution < 1.29 is 14.6 Å². The second kappa shape index (κ2) is 8.18. The Kier molecular flexibility index (Phi) is 5.51.